The lowest BCUT2D eigenvalue weighted by molar-refractivity contribution is 0.0936. The number of rotatable bonds is 6. The number of likely N-dealkylation sites (tertiary alicyclic amines) is 1. The molecule has 1 atom stereocenters. The van der Waals surface area contributed by atoms with E-state index in [0.717, 1.165) is 37.4 Å². The molecule has 29 heavy (non-hydrogen) atoms. The molecule has 3 aromatic rings. The number of halogens is 1. The summed E-state index contributed by atoms with van der Waals surface area (Å²) in [5.41, 5.74) is 3.44. The lowest BCUT2D eigenvalue weighted by atomic mass is 10.1. The summed E-state index contributed by atoms with van der Waals surface area (Å²) in [5.74, 6) is -0.389. The first-order valence-corrected chi connectivity index (χ1v) is 10.0. The smallest absolute Gasteiger partial charge is 0.255 e. The highest BCUT2D eigenvalue weighted by Crippen LogP contribution is 2.18. The number of nitrogens with one attached hydrogen (secondary N) is 1. The van der Waals surface area contributed by atoms with Gasteiger partial charge in [0.25, 0.3) is 5.91 Å². The second-order valence-corrected chi connectivity index (χ2v) is 7.43. The molecular formula is C23H25FN4O. The van der Waals surface area contributed by atoms with Gasteiger partial charge in [0.05, 0.1) is 23.1 Å². The number of amides is 1. The summed E-state index contributed by atoms with van der Waals surface area (Å²) in [5, 5.41) is 7.54. The van der Waals surface area contributed by atoms with Crippen LogP contribution in [0.5, 0.6) is 0 Å². The molecule has 1 unspecified atom stereocenters. The van der Waals surface area contributed by atoms with Crippen LogP contribution in [0.2, 0.25) is 0 Å². The Bertz CT molecular complexity index is 968. The Morgan fingerprint density at radius 1 is 1.17 bits per heavy atom. The standard InChI is InChI=1S/C23H25FN4O/c1-2-22-21(14-25-28(22)20-10-8-18(24)9-11-20)23(29)26-19-12-13-27(16-19)15-17-6-4-3-5-7-17/h3-11,14,19H,2,12-13,15-16H2,1H3,(H,26,29). The van der Waals surface area contributed by atoms with Gasteiger partial charge >= 0.3 is 0 Å². The minimum atomic E-state index is -0.293. The van der Waals surface area contributed by atoms with Crippen LogP contribution in [-0.2, 0) is 13.0 Å². The van der Waals surface area contributed by atoms with Crippen molar-refractivity contribution in [2.24, 2.45) is 0 Å². The molecule has 0 aliphatic carbocycles. The fraction of sp³-hybridized carbons (Fsp3) is 0.304. The van der Waals surface area contributed by atoms with Crippen molar-refractivity contribution in [2.75, 3.05) is 13.1 Å². The number of hydrogen-bond acceptors (Lipinski definition) is 3. The molecule has 2 aromatic carbocycles. The molecule has 4 rings (SSSR count). The maximum atomic E-state index is 13.2. The first-order valence-electron chi connectivity index (χ1n) is 10.0. The van der Waals surface area contributed by atoms with Gasteiger partial charge in [0.15, 0.2) is 0 Å². The van der Waals surface area contributed by atoms with Gasteiger partial charge in [-0.1, -0.05) is 37.3 Å². The molecule has 0 spiro atoms. The molecule has 1 saturated heterocycles. The SMILES string of the molecule is CCc1c(C(=O)NC2CCN(Cc3ccccc3)C2)cnn1-c1ccc(F)cc1. The van der Waals surface area contributed by atoms with E-state index in [1.807, 2.05) is 13.0 Å². The monoisotopic (exact) mass is 392 g/mol. The summed E-state index contributed by atoms with van der Waals surface area (Å²) in [6.07, 6.45) is 3.20. The third-order valence-corrected chi connectivity index (χ3v) is 5.38. The molecular weight excluding hydrogens is 367 g/mol. The van der Waals surface area contributed by atoms with Gasteiger partial charge in [0, 0.05) is 25.7 Å². The zero-order chi connectivity index (χ0) is 20.2. The van der Waals surface area contributed by atoms with Gasteiger partial charge < -0.3 is 5.32 Å². The van der Waals surface area contributed by atoms with Crippen molar-refractivity contribution >= 4 is 5.91 Å². The minimum Gasteiger partial charge on any atom is -0.348 e. The number of nitrogens with zero attached hydrogens (tertiary/aromatic N) is 3. The Hall–Kier alpha value is -2.99. The van der Waals surface area contributed by atoms with E-state index >= 15 is 0 Å². The highest BCUT2D eigenvalue weighted by atomic mass is 19.1. The van der Waals surface area contributed by atoms with E-state index in [1.165, 1.54) is 17.7 Å². The van der Waals surface area contributed by atoms with Crippen molar-refractivity contribution in [3.63, 3.8) is 0 Å². The average molecular weight is 392 g/mol. The molecule has 1 fully saturated rings. The fourth-order valence-electron chi connectivity index (χ4n) is 3.91. The number of carbonyl (C=O) groups is 1. The summed E-state index contributed by atoms with van der Waals surface area (Å²) in [6, 6.07) is 16.6. The van der Waals surface area contributed by atoms with Crippen molar-refractivity contribution in [1.82, 2.24) is 20.0 Å². The molecule has 1 N–H and O–H groups in total. The van der Waals surface area contributed by atoms with Gasteiger partial charge in [0.1, 0.15) is 5.82 Å². The van der Waals surface area contributed by atoms with Crippen LogP contribution < -0.4 is 5.32 Å². The Morgan fingerprint density at radius 3 is 2.66 bits per heavy atom. The summed E-state index contributed by atoms with van der Waals surface area (Å²) in [7, 11) is 0. The fourth-order valence-corrected chi connectivity index (χ4v) is 3.91. The lowest BCUT2D eigenvalue weighted by Gasteiger charge is -2.17. The molecule has 0 radical (unpaired) electrons. The molecule has 6 heteroatoms. The Balaban J connectivity index is 1.42. The van der Waals surface area contributed by atoms with Crippen molar-refractivity contribution in [3.05, 3.63) is 83.4 Å². The van der Waals surface area contributed by atoms with Gasteiger partial charge in [0.2, 0.25) is 0 Å². The van der Waals surface area contributed by atoms with Crippen LogP contribution in [0.15, 0.2) is 60.8 Å². The van der Waals surface area contributed by atoms with Gasteiger partial charge in [-0.15, -0.1) is 0 Å². The van der Waals surface area contributed by atoms with Crippen LogP contribution in [0, 0.1) is 5.82 Å². The Labute approximate surface area is 170 Å². The van der Waals surface area contributed by atoms with Gasteiger partial charge in [-0.05, 0) is 42.7 Å². The second kappa shape index (κ2) is 8.57. The normalized spacial score (nSPS) is 16.8. The van der Waals surface area contributed by atoms with Crippen LogP contribution in [0.25, 0.3) is 5.69 Å². The van der Waals surface area contributed by atoms with Gasteiger partial charge in [-0.3, -0.25) is 9.69 Å². The van der Waals surface area contributed by atoms with Crippen LogP contribution in [-0.4, -0.2) is 39.7 Å². The predicted molar refractivity (Wildman–Crippen MR) is 110 cm³/mol. The largest absolute Gasteiger partial charge is 0.348 e. The number of benzene rings is 2. The van der Waals surface area contributed by atoms with E-state index in [4.69, 9.17) is 0 Å². The zero-order valence-electron chi connectivity index (χ0n) is 16.5. The van der Waals surface area contributed by atoms with E-state index in [-0.39, 0.29) is 17.8 Å². The minimum absolute atomic E-state index is 0.0956. The van der Waals surface area contributed by atoms with Crippen LogP contribution >= 0.6 is 0 Å². The third kappa shape index (κ3) is 4.38. The summed E-state index contributed by atoms with van der Waals surface area (Å²) in [4.78, 5) is 15.3. The molecule has 2 heterocycles. The third-order valence-electron chi connectivity index (χ3n) is 5.38. The first kappa shape index (κ1) is 19.3. The number of aromatic nitrogens is 2. The Kier molecular flexibility index (Phi) is 5.71. The van der Waals surface area contributed by atoms with Crippen LogP contribution in [0.1, 0.15) is 35.0 Å². The summed E-state index contributed by atoms with van der Waals surface area (Å²) in [6.45, 7) is 4.70. The topological polar surface area (TPSA) is 50.2 Å². The van der Waals surface area contributed by atoms with Gasteiger partial charge in [-0.25, -0.2) is 9.07 Å². The number of carbonyl (C=O) groups excluding carboxylic acids is 1. The molecule has 0 saturated carbocycles. The van der Waals surface area contributed by atoms with E-state index in [0.29, 0.717) is 12.0 Å². The van der Waals surface area contributed by atoms with Gasteiger partial charge in [-0.2, -0.15) is 5.10 Å². The molecule has 1 aliphatic rings. The maximum absolute atomic E-state index is 13.2. The maximum Gasteiger partial charge on any atom is 0.255 e. The van der Waals surface area contributed by atoms with Crippen molar-refractivity contribution < 1.29 is 9.18 Å². The van der Waals surface area contributed by atoms with Crippen molar-refractivity contribution in [2.45, 2.75) is 32.4 Å². The first-order chi connectivity index (χ1) is 14.1. The van der Waals surface area contributed by atoms with Crippen molar-refractivity contribution in [1.29, 1.82) is 0 Å². The van der Waals surface area contributed by atoms with Crippen LogP contribution in [0.3, 0.4) is 0 Å². The van der Waals surface area contributed by atoms with E-state index in [9.17, 15) is 9.18 Å². The molecule has 1 amide bonds. The molecule has 5 nitrogen and oxygen atoms in total. The second-order valence-electron chi connectivity index (χ2n) is 7.43. The molecule has 1 aliphatic heterocycles. The lowest BCUT2D eigenvalue weighted by Crippen LogP contribution is -2.37. The molecule has 150 valence electrons. The highest BCUT2D eigenvalue weighted by Gasteiger charge is 2.26. The number of hydrogen-bond donors (Lipinski definition) is 1. The summed E-state index contributed by atoms with van der Waals surface area (Å²) >= 11 is 0. The average Bonchev–Trinajstić information content (AvgIpc) is 3.36. The molecule has 1 aromatic heterocycles. The Morgan fingerprint density at radius 2 is 1.93 bits per heavy atom. The van der Waals surface area contributed by atoms with E-state index < -0.39 is 0 Å². The van der Waals surface area contributed by atoms with Crippen molar-refractivity contribution in [3.8, 4) is 5.69 Å². The van der Waals surface area contributed by atoms with Crippen LogP contribution in [0.4, 0.5) is 4.39 Å². The molecule has 0 bridgehead atoms. The quantitative estimate of drug-likeness (QED) is 0.698. The van der Waals surface area contributed by atoms with E-state index in [1.54, 1.807) is 23.0 Å². The predicted octanol–water partition coefficient (Wildman–Crippen LogP) is 3.58. The highest BCUT2D eigenvalue weighted by molar-refractivity contribution is 5.95. The zero-order valence-corrected chi connectivity index (χ0v) is 16.5. The van der Waals surface area contributed by atoms with E-state index in [2.05, 4.69) is 39.6 Å². The summed E-state index contributed by atoms with van der Waals surface area (Å²) < 4.78 is 14.9.